The number of anilines is 4. The second-order valence-electron chi connectivity index (χ2n) is 7.81. The zero-order valence-electron chi connectivity index (χ0n) is 16.9. The van der Waals surface area contributed by atoms with Gasteiger partial charge in [-0.3, -0.25) is 4.79 Å². The molecule has 0 spiro atoms. The van der Waals surface area contributed by atoms with Gasteiger partial charge < -0.3 is 21.7 Å². The van der Waals surface area contributed by atoms with Crippen LogP contribution in [0.4, 0.5) is 36.1 Å². The van der Waals surface area contributed by atoms with E-state index in [-0.39, 0.29) is 35.4 Å². The number of carbonyl (C=O) groups excluding carboxylic acids is 1. The number of nitrogen functional groups attached to an aromatic ring is 1. The lowest BCUT2D eigenvalue weighted by molar-refractivity contribution is -0.137. The number of nitrogens with one attached hydrogen (secondary N) is 3. The van der Waals surface area contributed by atoms with Gasteiger partial charge in [-0.1, -0.05) is 6.42 Å². The summed E-state index contributed by atoms with van der Waals surface area (Å²) in [6.07, 6.45) is -1.73. The molecule has 5 N–H and O–H groups in total. The SMILES string of the molecule is CC(C)NC(=O)C1CCCC1Nc1cc(Nc2ccc(N)cc2)ncc1C(F)(F)F. The number of alkyl halides is 3. The Kier molecular flexibility index (Phi) is 6.38. The first-order valence-corrected chi connectivity index (χ1v) is 9.90. The fourth-order valence-corrected chi connectivity index (χ4v) is 3.62. The van der Waals surface area contributed by atoms with Gasteiger partial charge in [0.25, 0.3) is 0 Å². The van der Waals surface area contributed by atoms with E-state index in [1.54, 1.807) is 24.3 Å². The molecule has 1 aliphatic carbocycles. The molecule has 2 atom stereocenters. The van der Waals surface area contributed by atoms with Crippen LogP contribution in [0.15, 0.2) is 36.5 Å². The van der Waals surface area contributed by atoms with E-state index in [4.69, 9.17) is 5.73 Å². The molecule has 162 valence electrons. The third-order valence-corrected chi connectivity index (χ3v) is 5.02. The van der Waals surface area contributed by atoms with Gasteiger partial charge >= 0.3 is 6.18 Å². The number of nitrogens with zero attached hydrogens (tertiary/aromatic N) is 1. The van der Waals surface area contributed by atoms with Crippen molar-refractivity contribution in [2.75, 3.05) is 16.4 Å². The Balaban J connectivity index is 1.85. The maximum atomic E-state index is 13.6. The highest BCUT2D eigenvalue weighted by molar-refractivity contribution is 5.80. The van der Waals surface area contributed by atoms with Crippen molar-refractivity contribution in [3.63, 3.8) is 0 Å². The molecule has 30 heavy (non-hydrogen) atoms. The van der Waals surface area contributed by atoms with Crippen LogP contribution in [0.1, 0.15) is 38.7 Å². The summed E-state index contributed by atoms with van der Waals surface area (Å²) in [7, 11) is 0. The molecule has 0 radical (unpaired) electrons. The standard InChI is InChI=1S/C21H26F3N5O/c1-12(2)27-20(30)15-4-3-5-17(15)29-18-10-19(26-11-16(18)21(22,23)24)28-14-8-6-13(25)7-9-14/h6-12,15,17H,3-5,25H2,1-2H3,(H,27,30)(H2,26,28,29). The molecule has 0 bridgehead atoms. The Morgan fingerprint density at radius 3 is 2.53 bits per heavy atom. The van der Waals surface area contributed by atoms with Crippen LogP contribution in [0, 0.1) is 5.92 Å². The molecule has 2 unspecified atom stereocenters. The van der Waals surface area contributed by atoms with Crippen molar-refractivity contribution >= 4 is 28.8 Å². The summed E-state index contributed by atoms with van der Waals surface area (Å²) < 4.78 is 40.7. The topological polar surface area (TPSA) is 92.1 Å². The molecule has 1 saturated carbocycles. The van der Waals surface area contributed by atoms with Gasteiger partial charge in [0, 0.05) is 35.7 Å². The predicted octanol–water partition coefficient (Wildman–Crippen LogP) is 4.53. The molecule has 6 nitrogen and oxygen atoms in total. The predicted molar refractivity (Wildman–Crippen MR) is 111 cm³/mol. The minimum Gasteiger partial charge on any atom is -0.399 e. The van der Waals surface area contributed by atoms with Crippen LogP contribution in [0.2, 0.25) is 0 Å². The molecule has 0 saturated heterocycles. The fourth-order valence-electron chi connectivity index (χ4n) is 3.62. The van der Waals surface area contributed by atoms with E-state index in [1.165, 1.54) is 6.07 Å². The van der Waals surface area contributed by atoms with Gasteiger partial charge in [-0.2, -0.15) is 13.2 Å². The highest BCUT2D eigenvalue weighted by Crippen LogP contribution is 2.38. The maximum absolute atomic E-state index is 13.6. The average Bonchev–Trinajstić information content (AvgIpc) is 3.10. The summed E-state index contributed by atoms with van der Waals surface area (Å²) in [5.74, 6) is -0.255. The summed E-state index contributed by atoms with van der Waals surface area (Å²) in [4.78, 5) is 16.4. The third-order valence-electron chi connectivity index (χ3n) is 5.02. The van der Waals surface area contributed by atoms with Crippen molar-refractivity contribution in [1.29, 1.82) is 0 Å². The average molecular weight is 421 g/mol. The Labute approximate surface area is 173 Å². The Bertz CT molecular complexity index is 883. The maximum Gasteiger partial charge on any atom is 0.419 e. The number of hydrogen-bond donors (Lipinski definition) is 4. The first-order chi connectivity index (χ1) is 14.1. The molecular formula is C21H26F3N5O. The van der Waals surface area contributed by atoms with Crippen LogP contribution in [0.25, 0.3) is 0 Å². The number of carbonyl (C=O) groups is 1. The van der Waals surface area contributed by atoms with Gasteiger partial charge in [-0.15, -0.1) is 0 Å². The number of rotatable bonds is 6. The summed E-state index contributed by atoms with van der Waals surface area (Å²) >= 11 is 0. The van der Waals surface area contributed by atoms with Gasteiger partial charge in [0.05, 0.1) is 17.2 Å². The quantitative estimate of drug-likeness (QED) is 0.515. The summed E-state index contributed by atoms with van der Waals surface area (Å²) in [5.41, 5.74) is 5.94. The van der Waals surface area contributed by atoms with Crippen molar-refractivity contribution in [1.82, 2.24) is 10.3 Å². The minimum atomic E-state index is -4.57. The van der Waals surface area contributed by atoms with Crippen molar-refractivity contribution in [3.8, 4) is 0 Å². The number of amides is 1. The van der Waals surface area contributed by atoms with Crippen LogP contribution in [-0.2, 0) is 11.0 Å². The number of pyridine rings is 1. The molecule has 3 rings (SSSR count). The van der Waals surface area contributed by atoms with Gasteiger partial charge in [0.1, 0.15) is 5.82 Å². The van der Waals surface area contributed by atoms with Crippen molar-refractivity contribution in [2.45, 2.75) is 51.4 Å². The molecule has 1 aliphatic rings. The summed E-state index contributed by atoms with van der Waals surface area (Å²) in [6.45, 7) is 3.71. The van der Waals surface area contributed by atoms with Gasteiger partial charge in [-0.25, -0.2) is 4.98 Å². The molecular weight excluding hydrogens is 395 g/mol. The molecule has 1 fully saturated rings. The van der Waals surface area contributed by atoms with E-state index in [9.17, 15) is 18.0 Å². The highest BCUT2D eigenvalue weighted by Gasteiger charge is 2.38. The molecule has 1 heterocycles. The summed E-state index contributed by atoms with van der Waals surface area (Å²) in [6, 6.07) is 7.72. The van der Waals surface area contributed by atoms with Gasteiger partial charge in [0.15, 0.2) is 0 Å². The smallest absolute Gasteiger partial charge is 0.399 e. The lowest BCUT2D eigenvalue weighted by atomic mass is 10.0. The lowest BCUT2D eigenvalue weighted by Crippen LogP contribution is -2.41. The molecule has 2 aromatic rings. The number of hydrogen-bond acceptors (Lipinski definition) is 5. The van der Waals surface area contributed by atoms with Crippen LogP contribution < -0.4 is 21.7 Å². The second kappa shape index (κ2) is 8.81. The second-order valence-corrected chi connectivity index (χ2v) is 7.81. The lowest BCUT2D eigenvalue weighted by Gasteiger charge is -2.24. The van der Waals surface area contributed by atoms with Crippen LogP contribution in [0.3, 0.4) is 0 Å². The largest absolute Gasteiger partial charge is 0.419 e. The zero-order valence-corrected chi connectivity index (χ0v) is 16.9. The fraction of sp³-hybridized carbons (Fsp3) is 0.429. The van der Waals surface area contributed by atoms with Crippen LogP contribution >= 0.6 is 0 Å². The van der Waals surface area contributed by atoms with Crippen molar-refractivity contribution in [3.05, 3.63) is 42.1 Å². The van der Waals surface area contributed by atoms with E-state index in [0.29, 0.717) is 24.2 Å². The third kappa shape index (κ3) is 5.34. The van der Waals surface area contributed by atoms with Gasteiger partial charge in [-0.05, 0) is 51.0 Å². The molecule has 1 amide bonds. The van der Waals surface area contributed by atoms with Crippen LogP contribution in [0.5, 0.6) is 0 Å². The number of halogens is 3. The van der Waals surface area contributed by atoms with E-state index in [2.05, 4.69) is 20.9 Å². The van der Waals surface area contributed by atoms with Gasteiger partial charge in [0.2, 0.25) is 5.91 Å². The van der Waals surface area contributed by atoms with E-state index >= 15 is 0 Å². The van der Waals surface area contributed by atoms with E-state index in [0.717, 1.165) is 12.6 Å². The normalized spacial score (nSPS) is 19.0. The highest BCUT2D eigenvalue weighted by atomic mass is 19.4. The first kappa shape index (κ1) is 21.7. The molecule has 1 aromatic carbocycles. The van der Waals surface area contributed by atoms with Crippen molar-refractivity contribution in [2.24, 2.45) is 5.92 Å². The Morgan fingerprint density at radius 1 is 1.20 bits per heavy atom. The van der Waals surface area contributed by atoms with Crippen molar-refractivity contribution < 1.29 is 18.0 Å². The Hall–Kier alpha value is -2.97. The zero-order chi connectivity index (χ0) is 21.9. The Morgan fingerprint density at radius 2 is 1.90 bits per heavy atom. The van der Waals surface area contributed by atoms with Crippen LogP contribution in [-0.4, -0.2) is 23.0 Å². The number of benzene rings is 1. The molecule has 9 heteroatoms. The first-order valence-electron chi connectivity index (χ1n) is 9.90. The number of aromatic nitrogens is 1. The molecule has 1 aromatic heterocycles. The summed E-state index contributed by atoms with van der Waals surface area (Å²) in [5, 5.41) is 8.81. The van der Waals surface area contributed by atoms with E-state index in [1.807, 2.05) is 13.8 Å². The minimum absolute atomic E-state index is 0.0267. The van der Waals surface area contributed by atoms with E-state index < -0.39 is 11.7 Å². The molecule has 0 aliphatic heterocycles. The monoisotopic (exact) mass is 421 g/mol. The number of nitrogens with two attached hydrogens (primary N) is 1.